The zero-order valence-corrected chi connectivity index (χ0v) is 19.6. The summed E-state index contributed by atoms with van der Waals surface area (Å²) in [5, 5.41) is 2.77. The highest BCUT2D eigenvalue weighted by atomic mass is 32.1. The zero-order valence-electron chi connectivity index (χ0n) is 18.7. The second-order valence-corrected chi connectivity index (χ2v) is 12.5. The molecule has 5 heteroatoms. The van der Waals surface area contributed by atoms with Gasteiger partial charge in [-0.3, -0.25) is 4.79 Å². The first-order chi connectivity index (χ1) is 14.7. The lowest BCUT2D eigenvalue weighted by Crippen LogP contribution is -2.50. The van der Waals surface area contributed by atoms with Gasteiger partial charge in [-0.2, -0.15) is 12.6 Å². The van der Waals surface area contributed by atoms with Crippen molar-refractivity contribution >= 4 is 24.2 Å². The first-order valence-corrected chi connectivity index (χ1v) is 12.6. The largest absolute Gasteiger partial charge is 0.323 e. The van der Waals surface area contributed by atoms with E-state index in [1.54, 1.807) is 0 Å². The molecule has 0 bridgehead atoms. The minimum absolute atomic E-state index is 0.0126. The van der Waals surface area contributed by atoms with Crippen LogP contribution in [0.3, 0.4) is 0 Å². The average molecular weight is 448 g/mol. The SMILES string of the molecule is C[C@@]1(S)CC[C@H]2[C@H](CC[C@@H]3[C@@H]2CC[C@]2(C)[C@@H](C(=O)Nc4ccc(F)cc4F)CC[C@@H]32)C1. The van der Waals surface area contributed by atoms with Crippen molar-refractivity contribution in [3.05, 3.63) is 29.8 Å². The van der Waals surface area contributed by atoms with Gasteiger partial charge in [0.25, 0.3) is 0 Å². The lowest BCUT2D eigenvalue weighted by Gasteiger charge is -2.57. The van der Waals surface area contributed by atoms with Gasteiger partial charge in [0, 0.05) is 16.7 Å². The van der Waals surface area contributed by atoms with Crippen LogP contribution in [0, 0.1) is 52.6 Å². The fourth-order valence-corrected chi connectivity index (χ4v) is 8.69. The van der Waals surface area contributed by atoms with Crippen molar-refractivity contribution < 1.29 is 13.6 Å². The minimum atomic E-state index is -0.705. The molecule has 4 aliphatic rings. The third-order valence-electron chi connectivity index (χ3n) is 9.74. The van der Waals surface area contributed by atoms with Crippen LogP contribution >= 0.6 is 12.6 Å². The monoisotopic (exact) mass is 447 g/mol. The summed E-state index contributed by atoms with van der Waals surface area (Å²) in [5.41, 5.74) is 0.0751. The molecule has 0 saturated heterocycles. The van der Waals surface area contributed by atoms with E-state index in [0.29, 0.717) is 5.92 Å². The van der Waals surface area contributed by atoms with Crippen LogP contribution in [-0.4, -0.2) is 10.7 Å². The van der Waals surface area contributed by atoms with Gasteiger partial charge < -0.3 is 5.32 Å². The van der Waals surface area contributed by atoms with Crippen LogP contribution in [0.1, 0.15) is 71.6 Å². The smallest absolute Gasteiger partial charge is 0.228 e. The Balaban J connectivity index is 1.31. The van der Waals surface area contributed by atoms with Crippen LogP contribution in [-0.2, 0) is 4.79 Å². The van der Waals surface area contributed by atoms with Crippen LogP contribution in [0.25, 0.3) is 0 Å². The lowest BCUT2D eigenvalue weighted by molar-refractivity contribution is -0.127. The molecule has 0 aliphatic heterocycles. The van der Waals surface area contributed by atoms with E-state index in [1.807, 2.05) is 0 Å². The lowest BCUT2D eigenvalue weighted by atomic mass is 9.49. The van der Waals surface area contributed by atoms with E-state index in [0.717, 1.165) is 49.0 Å². The minimum Gasteiger partial charge on any atom is -0.323 e. The number of carbonyl (C=O) groups is 1. The Labute approximate surface area is 190 Å². The Morgan fingerprint density at radius 2 is 1.77 bits per heavy atom. The number of halogens is 2. The maximum atomic E-state index is 14.1. The highest BCUT2D eigenvalue weighted by Gasteiger charge is 2.58. The molecule has 0 spiro atoms. The molecule has 8 atom stereocenters. The van der Waals surface area contributed by atoms with Crippen molar-refractivity contribution in [1.29, 1.82) is 0 Å². The molecular formula is C26H35F2NOS. The van der Waals surface area contributed by atoms with Gasteiger partial charge in [-0.15, -0.1) is 0 Å². The number of nitrogens with one attached hydrogen (secondary N) is 1. The van der Waals surface area contributed by atoms with E-state index in [-0.39, 0.29) is 27.7 Å². The molecular weight excluding hydrogens is 412 g/mol. The summed E-state index contributed by atoms with van der Waals surface area (Å²) in [4.78, 5) is 13.2. The number of carbonyl (C=O) groups excluding carboxylic acids is 1. The maximum Gasteiger partial charge on any atom is 0.228 e. The molecule has 4 saturated carbocycles. The molecule has 1 amide bonds. The van der Waals surface area contributed by atoms with E-state index in [2.05, 4.69) is 19.2 Å². The van der Waals surface area contributed by atoms with Crippen LogP contribution in [0.15, 0.2) is 18.2 Å². The highest BCUT2D eigenvalue weighted by Crippen LogP contribution is 2.65. The number of benzene rings is 1. The summed E-state index contributed by atoms with van der Waals surface area (Å²) < 4.78 is 27.5. The molecule has 31 heavy (non-hydrogen) atoms. The Bertz CT molecular complexity index is 873. The number of thiol groups is 1. The number of fused-ring (bicyclic) bond motifs is 5. The van der Waals surface area contributed by atoms with Crippen molar-refractivity contribution in [3.63, 3.8) is 0 Å². The van der Waals surface area contributed by atoms with Crippen molar-refractivity contribution in [2.45, 2.75) is 76.4 Å². The normalized spacial score (nSPS) is 44.2. The molecule has 5 rings (SSSR count). The van der Waals surface area contributed by atoms with Gasteiger partial charge in [-0.05, 0) is 105 Å². The first kappa shape index (κ1) is 21.7. The van der Waals surface area contributed by atoms with Crippen molar-refractivity contribution in [2.75, 3.05) is 5.32 Å². The van der Waals surface area contributed by atoms with Gasteiger partial charge in [0.1, 0.15) is 11.6 Å². The number of amides is 1. The molecule has 0 aromatic heterocycles. The number of rotatable bonds is 2. The number of anilines is 1. The number of hydrogen-bond donors (Lipinski definition) is 2. The molecule has 170 valence electrons. The van der Waals surface area contributed by atoms with Crippen molar-refractivity contribution in [1.82, 2.24) is 0 Å². The van der Waals surface area contributed by atoms with E-state index in [1.165, 1.54) is 50.7 Å². The van der Waals surface area contributed by atoms with Crippen LogP contribution in [0.4, 0.5) is 14.5 Å². The summed E-state index contributed by atoms with van der Waals surface area (Å²) in [6.07, 6.45) is 10.7. The molecule has 1 aromatic carbocycles. The third kappa shape index (κ3) is 3.73. The van der Waals surface area contributed by atoms with E-state index in [9.17, 15) is 13.6 Å². The van der Waals surface area contributed by atoms with Crippen molar-refractivity contribution in [2.24, 2.45) is 40.9 Å². The Morgan fingerprint density at radius 3 is 2.55 bits per heavy atom. The second kappa shape index (κ2) is 7.74. The summed E-state index contributed by atoms with van der Waals surface area (Å²) in [6.45, 7) is 4.62. The molecule has 1 aromatic rings. The van der Waals surface area contributed by atoms with E-state index < -0.39 is 11.6 Å². The van der Waals surface area contributed by atoms with Crippen LogP contribution in [0.2, 0.25) is 0 Å². The Morgan fingerprint density at radius 1 is 1.00 bits per heavy atom. The third-order valence-corrected chi connectivity index (χ3v) is 10.1. The summed E-state index contributed by atoms with van der Waals surface area (Å²) >= 11 is 4.92. The molecule has 1 N–H and O–H groups in total. The van der Waals surface area contributed by atoms with E-state index in [4.69, 9.17) is 12.6 Å². The molecule has 4 aliphatic carbocycles. The maximum absolute atomic E-state index is 14.1. The highest BCUT2D eigenvalue weighted by molar-refractivity contribution is 7.81. The average Bonchev–Trinajstić information content (AvgIpc) is 3.06. The molecule has 0 unspecified atom stereocenters. The fourth-order valence-electron chi connectivity index (χ4n) is 8.32. The fraction of sp³-hybridized carbons (Fsp3) is 0.731. The predicted molar refractivity (Wildman–Crippen MR) is 123 cm³/mol. The number of hydrogen-bond acceptors (Lipinski definition) is 2. The molecule has 4 fully saturated rings. The van der Waals surface area contributed by atoms with Gasteiger partial charge in [0.2, 0.25) is 5.91 Å². The quantitative estimate of drug-likeness (QED) is 0.476. The molecule has 0 heterocycles. The Kier molecular flexibility index (Phi) is 5.43. The Hall–Kier alpha value is -1.10. The van der Waals surface area contributed by atoms with Gasteiger partial charge in [0.05, 0.1) is 5.69 Å². The van der Waals surface area contributed by atoms with Crippen LogP contribution in [0.5, 0.6) is 0 Å². The first-order valence-electron chi connectivity index (χ1n) is 12.2. The summed E-state index contributed by atoms with van der Waals surface area (Å²) in [7, 11) is 0. The van der Waals surface area contributed by atoms with Crippen molar-refractivity contribution in [3.8, 4) is 0 Å². The van der Waals surface area contributed by atoms with Gasteiger partial charge in [-0.25, -0.2) is 8.78 Å². The van der Waals surface area contributed by atoms with E-state index >= 15 is 0 Å². The zero-order chi connectivity index (χ0) is 22.0. The summed E-state index contributed by atoms with van der Waals surface area (Å²) in [5.74, 6) is 2.27. The van der Waals surface area contributed by atoms with Gasteiger partial charge >= 0.3 is 0 Å². The molecule has 2 nitrogen and oxygen atoms in total. The summed E-state index contributed by atoms with van der Waals surface area (Å²) in [6, 6.07) is 3.35. The standard InChI is InChI=1S/C26H35F2NOS/c1-25(31)11-9-17-15(14-25)3-5-19-18(17)10-12-26(2)20(19)6-7-21(26)24(30)29-23-8-4-16(27)13-22(23)28/h4,8,13,15,17-21,31H,3,5-7,9-12,14H2,1-2H3,(H,29,30)/t15-,17+,18-,19-,20+,21-,25-,26+/m1/s1. The van der Waals surface area contributed by atoms with Crippen LogP contribution < -0.4 is 5.32 Å². The predicted octanol–water partition coefficient (Wildman–Crippen LogP) is 6.86. The second-order valence-electron chi connectivity index (χ2n) is 11.5. The molecule has 0 radical (unpaired) electrons. The topological polar surface area (TPSA) is 29.1 Å². The van der Waals surface area contributed by atoms with Gasteiger partial charge in [0.15, 0.2) is 0 Å². The van der Waals surface area contributed by atoms with Gasteiger partial charge in [-0.1, -0.05) is 13.8 Å².